The highest BCUT2D eigenvalue weighted by atomic mass is 35.5. The average molecular weight is 449 g/mol. The number of halogens is 2. The summed E-state index contributed by atoms with van der Waals surface area (Å²) >= 11 is 7.63. The molecule has 0 bridgehead atoms. The Kier molecular flexibility index (Phi) is 7.93. The van der Waals surface area contributed by atoms with Crippen LogP contribution >= 0.6 is 22.9 Å². The molecule has 1 unspecified atom stereocenters. The smallest absolute Gasteiger partial charge is 0.257 e. The molecule has 3 aromatic rings. The fourth-order valence-electron chi connectivity index (χ4n) is 2.79. The van der Waals surface area contributed by atoms with Crippen molar-refractivity contribution in [2.45, 2.75) is 19.6 Å². The van der Waals surface area contributed by atoms with Gasteiger partial charge in [0.2, 0.25) is 0 Å². The molecule has 30 heavy (non-hydrogen) atoms. The molecule has 0 aliphatic heterocycles. The van der Waals surface area contributed by atoms with Crippen molar-refractivity contribution in [2.24, 2.45) is 0 Å². The first-order valence-electron chi connectivity index (χ1n) is 9.36. The summed E-state index contributed by atoms with van der Waals surface area (Å²) < 4.78 is 23.9. The van der Waals surface area contributed by atoms with Gasteiger partial charge in [0.15, 0.2) is 5.13 Å². The molecule has 0 radical (unpaired) electrons. The molecule has 2 aromatic carbocycles. The van der Waals surface area contributed by atoms with Gasteiger partial charge in [0, 0.05) is 23.1 Å². The van der Waals surface area contributed by atoms with Crippen LogP contribution in [0.4, 0.5) is 9.52 Å². The van der Waals surface area contributed by atoms with E-state index in [1.54, 1.807) is 37.1 Å². The molecule has 0 fully saturated rings. The maximum Gasteiger partial charge on any atom is 0.257 e. The molecule has 0 aliphatic rings. The Balaban J connectivity index is 1.88. The normalized spacial score (nSPS) is 12.0. The number of hydrogen-bond donors (Lipinski definition) is 0. The molecular formula is C22H22ClFN2O3S. The van der Waals surface area contributed by atoms with E-state index in [0.29, 0.717) is 29.1 Å². The van der Waals surface area contributed by atoms with Gasteiger partial charge in [-0.25, -0.2) is 9.37 Å². The number of carbonyl (C=O) groups excluding carboxylic acids is 1. The summed E-state index contributed by atoms with van der Waals surface area (Å²) in [6.07, 6.45) is -0.687. The van der Waals surface area contributed by atoms with Gasteiger partial charge < -0.3 is 9.47 Å². The third-order valence-corrected chi connectivity index (χ3v) is 5.59. The van der Waals surface area contributed by atoms with Crippen LogP contribution in [0, 0.1) is 5.82 Å². The highest BCUT2D eigenvalue weighted by molar-refractivity contribution is 7.14. The predicted octanol–water partition coefficient (Wildman–Crippen LogP) is 5.19. The molecule has 3 rings (SSSR count). The first kappa shape index (κ1) is 22.4. The van der Waals surface area contributed by atoms with E-state index in [-0.39, 0.29) is 18.3 Å². The summed E-state index contributed by atoms with van der Waals surface area (Å²) in [5.41, 5.74) is 2.26. The Bertz CT molecular complexity index is 981. The lowest BCUT2D eigenvalue weighted by atomic mass is 10.2. The number of hydrogen-bond acceptors (Lipinski definition) is 5. The lowest BCUT2D eigenvalue weighted by Gasteiger charge is -2.23. The number of anilines is 1. The van der Waals surface area contributed by atoms with Gasteiger partial charge in [-0.2, -0.15) is 0 Å². The molecule has 0 saturated heterocycles. The Hall–Kier alpha value is -2.32. The van der Waals surface area contributed by atoms with Crippen molar-refractivity contribution < 1.29 is 18.7 Å². The highest BCUT2D eigenvalue weighted by Gasteiger charge is 2.25. The van der Waals surface area contributed by atoms with Crippen LogP contribution in [0.25, 0.3) is 11.3 Å². The number of amides is 1. The maximum atomic E-state index is 13.3. The van der Waals surface area contributed by atoms with E-state index in [0.717, 1.165) is 11.1 Å². The SMILES string of the molecule is COCCOC(C)C(=O)N(Cc1ccc(F)cc1)c1nc(-c2ccccc2Cl)cs1. The molecule has 8 heteroatoms. The van der Waals surface area contributed by atoms with Gasteiger partial charge in [-0.05, 0) is 30.7 Å². The summed E-state index contributed by atoms with van der Waals surface area (Å²) in [5.74, 6) is -0.571. The maximum absolute atomic E-state index is 13.3. The second-order valence-electron chi connectivity index (χ2n) is 6.55. The zero-order valence-corrected chi connectivity index (χ0v) is 18.3. The van der Waals surface area contributed by atoms with E-state index in [1.165, 1.54) is 23.5 Å². The first-order chi connectivity index (χ1) is 14.5. The lowest BCUT2D eigenvalue weighted by Crippen LogP contribution is -2.39. The van der Waals surface area contributed by atoms with Gasteiger partial charge in [0.05, 0.1) is 25.5 Å². The van der Waals surface area contributed by atoms with E-state index >= 15 is 0 Å². The quantitative estimate of drug-likeness (QED) is 0.423. The van der Waals surface area contributed by atoms with Gasteiger partial charge >= 0.3 is 0 Å². The van der Waals surface area contributed by atoms with Gasteiger partial charge in [0.25, 0.3) is 5.91 Å². The topological polar surface area (TPSA) is 51.7 Å². The number of aromatic nitrogens is 1. The van der Waals surface area contributed by atoms with Gasteiger partial charge in [-0.15, -0.1) is 11.3 Å². The summed E-state index contributed by atoms with van der Waals surface area (Å²) in [5, 5.41) is 2.96. The zero-order chi connectivity index (χ0) is 21.5. The van der Waals surface area contributed by atoms with Crippen LogP contribution in [0.15, 0.2) is 53.9 Å². The van der Waals surface area contributed by atoms with E-state index in [1.807, 2.05) is 23.6 Å². The number of nitrogens with zero attached hydrogens (tertiary/aromatic N) is 2. The van der Waals surface area contributed by atoms with Gasteiger partial charge in [0.1, 0.15) is 11.9 Å². The molecule has 0 N–H and O–H groups in total. The summed E-state index contributed by atoms with van der Waals surface area (Å²) in [6.45, 7) is 2.63. The second-order valence-corrected chi connectivity index (χ2v) is 7.80. The number of benzene rings is 2. The first-order valence-corrected chi connectivity index (χ1v) is 10.6. The van der Waals surface area contributed by atoms with Gasteiger partial charge in [-0.1, -0.05) is 41.9 Å². The van der Waals surface area contributed by atoms with E-state index in [2.05, 4.69) is 4.98 Å². The van der Waals surface area contributed by atoms with Crippen molar-refractivity contribution in [1.82, 2.24) is 4.98 Å². The number of carbonyl (C=O) groups is 1. The van der Waals surface area contributed by atoms with Crippen molar-refractivity contribution in [3.05, 3.63) is 70.3 Å². The molecule has 1 aromatic heterocycles. The van der Waals surface area contributed by atoms with Crippen molar-refractivity contribution in [3.63, 3.8) is 0 Å². The van der Waals surface area contributed by atoms with Crippen molar-refractivity contribution >= 4 is 34.0 Å². The largest absolute Gasteiger partial charge is 0.382 e. The van der Waals surface area contributed by atoms with Crippen LogP contribution in [0.3, 0.4) is 0 Å². The van der Waals surface area contributed by atoms with E-state index < -0.39 is 6.10 Å². The Labute approximate surface area is 184 Å². The molecule has 1 atom stereocenters. The fourth-order valence-corrected chi connectivity index (χ4v) is 3.85. The Morgan fingerprint density at radius 2 is 1.93 bits per heavy atom. The monoisotopic (exact) mass is 448 g/mol. The van der Waals surface area contributed by atoms with Crippen LogP contribution in [0.5, 0.6) is 0 Å². The van der Waals surface area contributed by atoms with Crippen LogP contribution in [0.2, 0.25) is 5.02 Å². The average Bonchev–Trinajstić information content (AvgIpc) is 3.23. The third-order valence-electron chi connectivity index (χ3n) is 4.40. The molecule has 5 nitrogen and oxygen atoms in total. The fraction of sp³-hybridized carbons (Fsp3) is 0.273. The Morgan fingerprint density at radius 3 is 2.63 bits per heavy atom. The molecule has 0 saturated carbocycles. The molecule has 0 aliphatic carbocycles. The molecule has 0 spiro atoms. The van der Waals surface area contributed by atoms with Crippen molar-refractivity contribution in [2.75, 3.05) is 25.2 Å². The van der Waals surface area contributed by atoms with Crippen LogP contribution in [-0.2, 0) is 20.8 Å². The van der Waals surface area contributed by atoms with Crippen molar-refractivity contribution in [1.29, 1.82) is 0 Å². The number of rotatable bonds is 9. The number of methoxy groups -OCH3 is 1. The molecule has 1 amide bonds. The zero-order valence-electron chi connectivity index (χ0n) is 16.7. The van der Waals surface area contributed by atoms with Crippen LogP contribution in [0.1, 0.15) is 12.5 Å². The van der Waals surface area contributed by atoms with Crippen LogP contribution < -0.4 is 4.90 Å². The summed E-state index contributed by atoms with van der Waals surface area (Å²) in [6, 6.07) is 13.4. The van der Waals surface area contributed by atoms with Crippen LogP contribution in [-0.4, -0.2) is 37.3 Å². The lowest BCUT2D eigenvalue weighted by molar-refractivity contribution is -0.129. The third kappa shape index (κ3) is 5.64. The predicted molar refractivity (Wildman–Crippen MR) is 117 cm³/mol. The second kappa shape index (κ2) is 10.6. The minimum Gasteiger partial charge on any atom is -0.382 e. The molecular weight excluding hydrogens is 427 g/mol. The van der Waals surface area contributed by atoms with Crippen molar-refractivity contribution in [3.8, 4) is 11.3 Å². The molecule has 158 valence electrons. The summed E-state index contributed by atoms with van der Waals surface area (Å²) in [7, 11) is 1.57. The number of ether oxygens (including phenoxy) is 2. The minimum atomic E-state index is -0.687. The minimum absolute atomic E-state index is 0.240. The highest BCUT2D eigenvalue weighted by Crippen LogP contribution is 2.32. The standard InChI is InChI=1S/C22H22ClFN2O3S/c1-15(29-12-11-28-2)21(27)26(13-16-7-9-17(24)10-8-16)22-25-20(14-30-22)18-5-3-4-6-19(18)23/h3-10,14-15H,11-13H2,1-2H3. The molecule has 1 heterocycles. The van der Waals surface area contributed by atoms with E-state index in [9.17, 15) is 9.18 Å². The van der Waals surface area contributed by atoms with E-state index in [4.69, 9.17) is 21.1 Å². The number of thiazole rings is 1. The van der Waals surface area contributed by atoms with Gasteiger partial charge in [-0.3, -0.25) is 9.69 Å². The Morgan fingerprint density at radius 1 is 1.20 bits per heavy atom. The summed E-state index contributed by atoms with van der Waals surface area (Å²) in [4.78, 5) is 19.3.